The van der Waals surface area contributed by atoms with Crippen LogP contribution < -0.4 is 4.90 Å². The number of rotatable bonds is 4. The number of fused-ring (bicyclic) bond motifs is 1. The van der Waals surface area contributed by atoms with Crippen molar-refractivity contribution in [2.24, 2.45) is 0 Å². The van der Waals surface area contributed by atoms with Crippen LogP contribution in [0.5, 0.6) is 0 Å². The maximum absolute atomic E-state index is 11.0. The molecule has 3 rings (SSSR count). The van der Waals surface area contributed by atoms with E-state index in [4.69, 9.17) is 9.74 Å². The first-order valence-electron chi connectivity index (χ1n) is 6.49. The second-order valence-electron chi connectivity index (χ2n) is 5.03. The third-order valence-electron chi connectivity index (χ3n) is 3.67. The van der Waals surface area contributed by atoms with Crippen LogP contribution in [0.1, 0.15) is 29.3 Å². The van der Waals surface area contributed by atoms with Crippen LogP contribution in [0, 0.1) is 6.92 Å². The first-order chi connectivity index (χ1) is 9.65. The van der Waals surface area contributed by atoms with Crippen molar-refractivity contribution in [2.75, 3.05) is 11.4 Å². The number of hydrogen-bond acceptors (Lipinski definition) is 5. The highest BCUT2D eigenvalue weighted by molar-refractivity contribution is 5.71. The lowest BCUT2D eigenvalue weighted by molar-refractivity contribution is -0.137. The summed E-state index contributed by atoms with van der Waals surface area (Å²) in [7, 11) is 0. The molecule has 0 aliphatic carbocycles. The zero-order chi connectivity index (χ0) is 14.1. The molecule has 0 fully saturated rings. The summed E-state index contributed by atoms with van der Waals surface area (Å²) in [6.45, 7) is 3.11. The van der Waals surface area contributed by atoms with E-state index in [9.17, 15) is 4.79 Å². The Morgan fingerprint density at radius 3 is 2.95 bits per heavy atom. The van der Waals surface area contributed by atoms with Gasteiger partial charge in [-0.2, -0.15) is 0 Å². The van der Waals surface area contributed by atoms with Crippen LogP contribution in [0.15, 0.2) is 28.9 Å². The third kappa shape index (κ3) is 2.24. The number of aliphatic carboxylic acids is 1. The number of nitrogens with zero attached hydrogens (tertiary/aromatic N) is 3. The van der Waals surface area contributed by atoms with Crippen LogP contribution in [-0.4, -0.2) is 27.9 Å². The monoisotopic (exact) mass is 273 g/mol. The molecule has 0 saturated carbocycles. The molecule has 0 radical (unpaired) electrons. The quantitative estimate of drug-likeness (QED) is 0.917. The van der Waals surface area contributed by atoms with Crippen molar-refractivity contribution in [2.45, 2.75) is 25.8 Å². The van der Waals surface area contributed by atoms with Gasteiger partial charge in [-0.25, -0.2) is 4.63 Å². The van der Waals surface area contributed by atoms with E-state index in [2.05, 4.69) is 15.2 Å². The van der Waals surface area contributed by atoms with Crippen molar-refractivity contribution < 1.29 is 14.5 Å². The minimum atomic E-state index is -0.772. The SMILES string of the molecule is Cc1nonc1CN1CC(CC(=O)O)c2ccccc21. The molecule has 2 aromatic rings. The van der Waals surface area contributed by atoms with Gasteiger partial charge in [0.2, 0.25) is 0 Å². The Labute approximate surface area is 116 Å². The molecule has 1 aliphatic heterocycles. The van der Waals surface area contributed by atoms with Crippen LogP contribution >= 0.6 is 0 Å². The summed E-state index contributed by atoms with van der Waals surface area (Å²) in [4.78, 5) is 13.1. The van der Waals surface area contributed by atoms with Crippen LogP contribution in [0.3, 0.4) is 0 Å². The van der Waals surface area contributed by atoms with Gasteiger partial charge in [0, 0.05) is 18.2 Å². The summed E-state index contributed by atoms with van der Waals surface area (Å²) in [5.74, 6) is -0.755. The van der Waals surface area contributed by atoms with Crippen molar-refractivity contribution in [1.29, 1.82) is 0 Å². The summed E-state index contributed by atoms with van der Waals surface area (Å²) >= 11 is 0. The van der Waals surface area contributed by atoms with E-state index in [0.29, 0.717) is 13.1 Å². The lowest BCUT2D eigenvalue weighted by Gasteiger charge is -2.18. The summed E-state index contributed by atoms with van der Waals surface area (Å²) < 4.78 is 4.71. The Bertz CT molecular complexity index is 638. The normalized spacial score (nSPS) is 17.2. The molecule has 1 unspecified atom stereocenters. The molecule has 1 aromatic heterocycles. The Morgan fingerprint density at radius 2 is 2.25 bits per heavy atom. The molecular formula is C14H15N3O3. The van der Waals surface area contributed by atoms with Crippen molar-refractivity contribution in [1.82, 2.24) is 10.3 Å². The summed E-state index contributed by atoms with van der Waals surface area (Å²) in [6, 6.07) is 7.92. The first-order valence-corrected chi connectivity index (χ1v) is 6.49. The molecule has 0 bridgehead atoms. The lowest BCUT2D eigenvalue weighted by atomic mass is 9.98. The van der Waals surface area contributed by atoms with Crippen molar-refractivity contribution in [3.8, 4) is 0 Å². The molecule has 1 atom stereocenters. The van der Waals surface area contributed by atoms with Crippen LogP contribution in [0.25, 0.3) is 0 Å². The predicted molar refractivity (Wildman–Crippen MR) is 71.5 cm³/mol. The molecule has 20 heavy (non-hydrogen) atoms. The molecule has 1 aromatic carbocycles. The fourth-order valence-electron chi connectivity index (χ4n) is 2.69. The van der Waals surface area contributed by atoms with Crippen LogP contribution in [0.4, 0.5) is 5.69 Å². The smallest absolute Gasteiger partial charge is 0.304 e. The topological polar surface area (TPSA) is 79.5 Å². The Morgan fingerprint density at radius 1 is 1.45 bits per heavy atom. The van der Waals surface area contributed by atoms with E-state index in [1.54, 1.807) is 0 Å². The average molecular weight is 273 g/mol. The van der Waals surface area contributed by atoms with Gasteiger partial charge in [-0.05, 0) is 18.6 Å². The summed E-state index contributed by atoms with van der Waals surface area (Å²) in [5.41, 5.74) is 3.71. The van der Waals surface area contributed by atoms with E-state index in [1.807, 2.05) is 31.2 Å². The van der Waals surface area contributed by atoms with Crippen molar-refractivity contribution in [3.63, 3.8) is 0 Å². The number of hydrogen-bond donors (Lipinski definition) is 1. The van der Waals surface area contributed by atoms with Crippen LogP contribution in [-0.2, 0) is 11.3 Å². The molecule has 1 N–H and O–H groups in total. The second-order valence-corrected chi connectivity index (χ2v) is 5.03. The molecule has 2 heterocycles. The molecule has 1 aliphatic rings. The maximum atomic E-state index is 11.0. The number of carbonyl (C=O) groups is 1. The van der Waals surface area contributed by atoms with E-state index >= 15 is 0 Å². The number of benzene rings is 1. The van der Waals surface area contributed by atoms with Gasteiger partial charge in [-0.1, -0.05) is 28.5 Å². The number of carboxylic acids is 1. The predicted octanol–water partition coefficient (Wildman–Crippen LogP) is 1.96. The standard InChI is InChI=1S/C14H15N3O3/c1-9-12(16-20-15-9)8-17-7-10(6-14(18)19)11-4-2-3-5-13(11)17/h2-5,10H,6-8H2,1H3,(H,18,19). The molecule has 0 spiro atoms. The minimum Gasteiger partial charge on any atom is -0.481 e. The molecule has 104 valence electrons. The highest BCUT2D eigenvalue weighted by Crippen LogP contribution is 2.38. The molecule has 0 saturated heterocycles. The van der Waals surface area contributed by atoms with Gasteiger partial charge in [0.25, 0.3) is 0 Å². The molecule has 6 heteroatoms. The number of carboxylic acid groups (broad SMARTS) is 1. The molecular weight excluding hydrogens is 258 g/mol. The third-order valence-corrected chi connectivity index (χ3v) is 3.67. The Kier molecular flexibility index (Phi) is 3.14. The van der Waals surface area contributed by atoms with Gasteiger partial charge < -0.3 is 10.0 Å². The number of aromatic nitrogens is 2. The highest BCUT2D eigenvalue weighted by Gasteiger charge is 2.30. The highest BCUT2D eigenvalue weighted by atomic mass is 16.6. The van der Waals surface area contributed by atoms with Gasteiger partial charge in [0.15, 0.2) is 0 Å². The van der Waals surface area contributed by atoms with Gasteiger partial charge in [-0.15, -0.1) is 0 Å². The van der Waals surface area contributed by atoms with E-state index in [0.717, 1.165) is 22.6 Å². The van der Waals surface area contributed by atoms with Crippen molar-refractivity contribution >= 4 is 11.7 Å². The summed E-state index contributed by atoms with van der Waals surface area (Å²) in [6.07, 6.45) is 0.142. The van der Waals surface area contributed by atoms with Gasteiger partial charge >= 0.3 is 5.97 Å². The van der Waals surface area contributed by atoms with Gasteiger partial charge in [0.05, 0.1) is 13.0 Å². The maximum Gasteiger partial charge on any atom is 0.304 e. The number of para-hydroxylation sites is 1. The van der Waals surface area contributed by atoms with Gasteiger partial charge in [-0.3, -0.25) is 4.79 Å². The van der Waals surface area contributed by atoms with Crippen molar-refractivity contribution in [3.05, 3.63) is 41.2 Å². The number of anilines is 1. The first kappa shape index (κ1) is 12.7. The average Bonchev–Trinajstić information content (AvgIpc) is 2.96. The Hall–Kier alpha value is -2.37. The van der Waals surface area contributed by atoms with E-state index in [1.165, 1.54) is 0 Å². The van der Waals surface area contributed by atoms with Gasteiger partial charge in [0.1, 0.15) is 11.4 Å². The van der Waals surface area contributed by atoms with E-state index in [-0.39, 0.29) is 12.3 Å². The second kappa shape index (κ2) is 4.96. The lowest BCUT2D eigenvalue weighted by Crippen LogP contribution is -2.22. The van der Waals surface area contributed by atoms with E-state index < -0.39 is 5.97 Å². The summed E-state index contributed by atoms with van der Waals surface area (Å²) in [5, 5.41) is 16.7. The zero-order valence-corrected chi connectivity index (χ0v) is 11.1. The number of aryl methyl sites for hydroxylation is 1. The fourth-order valence-corrected chi connectivity index (χ4v) is 2.69. The molecule has 6 nitrogen and oxygen atoms in total. The fraction of sp³-hybridized carbons (Fsp3) is 0.357. The zero-order valence-electron chi connectivity index (χ0n) is 11.1. The minimum absolute atomic E-state index is 0.0175. The molecule has 0 amide bonds. The van der Waals surface area contributed by atoms with Crippen LogP contribution in [0.2, 0.25) is 0 Å². The largest absolute Gasteiger partial charge is 0.481 e. The Balaban J connectivity index is 1.87.